The van der Waals surface area contributed by atoms with Gasteiger partial charge in [0.15, 0.2) is 6.10 Å². The van der Waals surface area contributed by atoms with Gasteiger partial charge in [-0.3, -0.25) is 4.79 Å². The predicted octanol–water partition coefficient (Wildman–Crippen LogP) is 4.80. The Hall–Kier alpha value is -2.48. The van der Waals surface area contributed by atoms with E-state index in [1.54, 1.807) is 6.07 Å². The van der Waals surface area contributed by atoms with E-state index in [4.69, 9.17) is 4.74 Å². The highest BCUT2D eigenvalue weighted by Gasteiger charge is 2.23. The summed E-state index contributed by atoms with van der Waals surface area (Å²) in [5.41, 5.74) is 1.27. The van der Waals surface area contributed by atoms with Crippen LogP contribution in [0.4, 0.5) is 14.5 Å². The van der Waals surface area contributed by atoms with Gasteiger partial charge in [0.2, 0.25) is 0 Å². The topological polar surface area (TPSA) is 64.6 Å². The number of halogens is 2. The van der Waals surface area contributed by atoms with Crippen LogP contribution in [0.5, 0.6) is 5.75 Å². The number of hydrogen-bond acceptors (Lipinski definition) is 5. The molecule has 0 spiro atoms. The number of ether oxygens (including phenoxy) is 2. The molecule has 1 N–H and O–H groups in total. The summed E-state index contributed by atoms with van der Waals surface area (Å²) in [4.78, 5) is 26.4. The van der Waals surface area contributed by atoms with Crippen molar-refractivity contribution in [3.8, 4) is 5.75 Å². The smallest absolute Gasteiger partial charge is 0.387 e. The van der Waals surface area contributed by atoms with Gasteiger partial charge in [-0.2, -0.15) is 8.78 Å². The second-order valence-corrected chi connectivity index (χ2v) is 7.67. The molecule has 1 amide bonds. The molecular formula is C20H21F2NO4S. The molecular weight excluding hydrogens is 388 g/mol. The highest BCUT2D eigenvalue weighted by molar-refractivity contribution is 7.14. The first-order chi connectivity index (χ1) is 13.4. The van der Waals surface area contributed by atoms with Gasteiger partial charge < -0.3 is 14.8 Å². The van der Waals surface area contributed by atoms with E-state index in [-0.39, 0.29) is 11.4 Å². The van der Waals surface area contributed by atoms with Gasteiger partial charge in [0.05, 0.1) is 5.69 Å². The van der Waals surface area contributed by atoms with Crippen LogP contribution in [0.1, 0.15) is 46.3 Å². The summed E-state index contributed by atoms with van der Waals surface area (Å²) in [6.07, 6.45) is 4.24. The van der Waals surface area contributed by atoms with Crippen LogP contribution in [0.25, 0.3) is 0 Å². The van der Waals surface area contributed by atoms with Crippen LogP contribution < -0.4 is 10.1 Å². The predicted molar refractivity (Wildman–Crippen MR) is 102 cm³/mol. The summed E-state index contributed by atoms with van der Waals surface area (Å²) in [5, 5.41) is 2.46. The first-order valence-corrected chi connectivity index (χ1v) is 9.93. The Bertz CT molecular complexity index is 829. The minimum absolute atomic E-state index is 0.0820. The van der Waals surface area contributed by atoms with Crippen molar-refractivity contribution in [3.63, 3.8) is 0 Å². The lowest BCUT2D eigenvalue weighted by molar-refractivity contribution is -0.123. The third kappa shape index (κ3) is 5.07. The Balaban J connectivity index is 1.62. The number of alkyl halides is 2. The molecule has 8 heteroatoms. The van der Waals surface area contributed by atoms with E-state index in [1.165, 1.54) is 53.3 Å². The Morgan fingerprint density at radius 2 is 1.89 bits per heavy atom. The molecule has 2 aromatic rings. The SMILES string of the molecule is C[C@H](OC(=O)c1cc2c(s1)CCCCC2)C(=O)Nc1ccccc1OC(F)F. The zero-order valence-corrected chi connectivity index (χ0v) is 16.2. The summed E-state index contributed by atoms with van der Waals surface area (Å²) in [5.74, 6) is -1.35. The number of carbonyl (C=O) groups is 2. The average molecular weight is 409 g/mol. The van der Waals surface area contributed by atoms with Crippen molar-refractivity contribution < 1.29 is 27.8 Å². The summed E-state index contributed by atoms with van der Waals surface area (Å²) >= 11 is 1.41. The number of anilines is 1. The number of aryl methyl sites for hydroxylation is 2. The Morgan fingerprint density at radius 3 is 2.68 bits per heavy atom. The van der Waals surface area contributed by atoms with Crippen LogP contribution in [0.3, 0.4) is 0 Å². The second kappa shape index (κ2) is 9.14. The van der Waals surface area contributed by atoms with Crippen LogP contribution >= 0.6 is 11.3 Å². The lowest BCUT2D eigenvalue weighted by atomic mass is 10.1. The van der Waals surface area contributed by atoms with Gasteiger partial charge >= 0.3 is 12.6 Å². The van der Waals surface area contributed by atoms with Gasteiger partial charge in [0.25, 0.3) is 5.91 Å². The van der Waals surface area contributed by atoms with Crippen LogP contribution in [-0.2, 0) is 22.4 Å². The zero-order valence-electron chi connectivity index (χ0n) is 15.4. The number of fused-ring (bicyclic) bond motifs is 1. The number of thiophene rings is 1. The molecule has 3 rings (SSSR count). The highest BCUT2D eigenvalue weighted by Crippen LogP contribution is 2.30. The number of nitrogens with one attached hydrogen (secondary N) is 1. The minimum Gasteiger partial charge on any atom is -0.448 e. The molecule has 0 unspecified atom stereocenters. The van der Waals surface area contributed by atoms with Crippen molar-refractivity contribution in [2.45, 2.75) is 51.7 Å². The zero-order chi connectivity index (χ0) is 20.1. The molecule has 0 saturated carbocycles. The van der Waals surface area contributed by atoms with Crippen molar-refractivity contribution in [2.24, 2.45) is 0 Å². The third-order valence-electron chi connectivity index (χ3n) is 4.46. The van der Waals surface area contributed by atoms with E-state index in [0.717, 1.165) is 25.7 Å². The van der Waals surface area contributed by atoms with Crippen LogP contribution in [0, 0.1) is 0 Å². The molecule has 1 aromatic heterocycles. The van der Waals surface area contributed by atoms with Gasteiger partial charge in [-0.1, -0.05) is 18.6 Å². The molecule has 0 aliphatic heterocycles. The Kier molecular flexibility index (Phi) is 6.61. The number of rotatable bonds is 6. The van der Waals surface area contributed by atoms with Crippen molar-refractivity contribution in [1.29, 1.82) is 0 Å². The van der Waals surface area contributed by atoms with Gasteiger partial charge in [-0.05, 0) is 56.4 Å². The summed E-state index contributed by atoms with van der Waals surface area (Å²) in [6.45, 7) is -1.58. The maximum Gasteiger partial charge on any atom is 0.387 e. The molecule has 5 nitrogen and oxygen atoms in total. The van der Waals surface area contributed by atoms with Crippen LogP contribution in [-0.4, -0.2) is 24.6 Å². The normalized spacial score (nSPS) is 14.7. The Morgan fingerprint density at radius 1 is 1.14 bits per heavy atom. The van der Waals surface area contributed by atoms with Crippen molar-refractivity contribution in [3.05, 3.63) is 45.6 Å². The van der Waals surface area contributed by atoms with Crippen molar-refractivity contribution in [2.75, 3.05) is 5.32 Å². The molecule has 0 radical (unpaired) electrons. The summed E-state index contributed by atoms with van der Waals surface area (Å²) < 4.78 is 34.6. The molecule has 1 atom stereocenters. The van der Waals surface area contributed by atoms with Crippen molar-refractivity contribution in [1.82, 2.24) is 0 Å². The number of amides is 1. The molecule has 1 heterocycles. The molecule has 0 fully saturated rings. The van der Waals surface area contributed by atoms with Gasteiger partial charge in [0.1, 0.15) is 10.6 Å². The molecule has 0 saturated heterocycles. The van der Waals surface area contributed by atoms with E-state index in [1.807, 2.05) is 6.07 Å². The van der Waals surface area contributed by atoms with Crippen LogP contribution in [0.15, 0.2) is 30.3 Å². The quantitative estimate of drug-likeness (QED) is 0.550. The molecule has 0 bridgehead atoms. The van der Waals surface area contributed by atoms with E-state index in [0.29, 0.717) is 4.88 Å². The second-order valence-electron chi connectivity index (χ2n) is 6.53. The minimum atomic E-state index is -3.01. The molecule has 150 valence electrons. The summed E-state index contributed by atoms with van der Waals surface area (Å²) in [7, 11) is 0. The largest absolute Gasteiger partial charge is 0.448 e. The van der Waals surface area contributed by atoms with Crippen LogP contribution in [0.2, 0.25) is 0 Å². The summed E-state index contributed by atoms with van der Waals surface area (Å²) in [6, 6.07) is 7.68. The van der Waals surface area contributed by atoms with Gasteiger partial charge in [-0.25, -0.2) is 4.79 Å². The molecule has 1 aliphatic rings. The molecule has 1 aliphatic carbocycles. The molecule has 28 heavy (non-hydrogen) atoms. The van der Waals surface area contributed by atoms with Gasteiger partial charge in [-0.15, -0.1) is 11.3 Å². The fourth-order valence-electron chi connectivity index (χ4n) is 3.04. The first kappa shape index (κ1) is 20.3. The Labute approximate surface area is 165 Å². The first-order valence-electron chi connectivity index (χ1n) is 9.11. The average Bonchev–Trinajstić information content (AvgIpc) is 2.93. The van der Waals surface area contributed by atoms with Gasteiger partial charge in [0, 0.05) is 4.88 Å². The number of benzene rings is 1. The fraction of sp³-hybridized carbons (Fsp3) is 0.400. The van der Waals surface area contributed by atoms with E-state index < -0.39 is 24.6 Å². The third-order valence-corrected chi connectivity index (χ3v) is 5.68. The number of esters is 1. The maximum absolute atomic E-state index is 12.5. The monoisotopic (exact) mass is 409 g/mol. The van der Waals surface area contributed by atoms with E-state index in [2.05, 4.69) is 10.1 Å². The standard InChI is InChI=1S/C20H21F2NO4S/c1-12(18(24)23-14-8-5-6-9-15(14)27-20(21)22)26-19(25)17-11-13-7-3-2-4-10-16(13)28-17/h5-6,8-9,11-12,20H,2-4,7,10H2,1H3,(H,23,24)/t12-/m0/s1. The van der Waals surface area contributed by atoms with Crippen molar-refractivity contribution >= 4 is 28.9 Å². The van der Waals surface area contributed by atoms with E-state index in [9.17, 15) is 18.4 Å². The number of hydrogen-bond donors (Lipinski definition) is 1. The number of carbonyl (C=O) groups excluding carboxylic acids is 2. The number of para-hydroxylation sites is 2. The fourth-order valence-corrected chi connectivity index (χ4v) is 4.18. The lowest BCUT2D eigenvalue weighted by Crippen LogP contribution is -2.30. The highest BCUT2D eigenvalue weighted by atomic mass is 32.1. The lowest BCUT2D eigenvalue weighted by Gasteiger charge is -2.15. The van der Waals surface area contributed by atoms with E-state index >= 15 is 0 Å². The molecule has 1 aromatic carbocycles. The maximum atomic E-state index is 12.5.